The lowest BCUT2D eigenvalue weighted by Gasteiger charge is -2.07. The zero-order chi connectivity index (χ0) is 10.4. The molecule has 0 amide bonds. The van der Waals surface area contributed by atoms with Crippen molar-refractivity contribution in [2.75, 3.05) is 13.2 Å². The van der Waals surface area contributed by atoms with E-state index >= 15 is 0 Å². The van der Waals surface area contributed by atoms with Crippen molar-refractivity contribution in [3.05, 3.63) is 23.9 Å². The van der Waals surface area contributed by atoms with Gasteiger partial charge in [-0.15, -0.1) is 0 Å². The monoisotopic (exact) mass is 195 g/mol. The second kappa shape index (κ2) is 5.18. The summed E-state index contributed by atoms with van der Waals surface area (Å²) >= 11 is 0. The number of amidine groups is 1. The van der Waals surface area contributed by atoms with E-state index in [1.807, 2.05) is 0 Å². The third-order valence-corrected chi connectivity index (χ3v) is 1.60. The summed E-state index contributed by atoms with van der Waals surface area (Å²) in [5.41, 5.74) is 5.81. The van der Waals surface area contributed by atoms with Crippen LogP contribution in [0.5, 0.6) is 5.88 Å². The molecule has 0 saturated carbocycles. The van der Waals surface area contributed by atoms with Crippen molar-refractivity contribution in [1.82, 2.24) is 4.98 Å². The molecule has 0 atom stereocenters. The number of hydrogen-bond donors (Lipinski definition) is 3. The Morgan fingerprint density at radius 1 is 1.64 bits per heavy atom. The lowest BCUT2D eigenvalue weighted by Crippen LogP contribution is -2.14. The van der Waals surface area contributed by atoms with Crippen LogP contribution in [0.1, 0.15) is 12.0 Å². The predicted octanol–water partition coefficient (Wildman–Crippen LogP) is 0.127. The zero-order valence-corrected chi connectivity index (χ0v) is 7.73. The van der Waals surface area contributed by atoms with Gasteiger partial charge < -0.3 is 15.6 Å². The molecule has 0 spiro atoms. The van der Waals surface area contributed by atoms with Gasteiger partial charge in [0.05, 0.1) is 12.2 Å². The van der Waals surface area contributed by atoms with Crippen molar-refractivity contribution in [2.45, 2.75) is 6.42 Å². The Kier molecular flexibility index (Phi) is 3.87. The summed E-state index contributed by atoms with van der Waals surface area (Å²) in [6, 6.07) is 3.36. The summed E-state index contributed by atoms with van der Waals surface area (Å²) in [6.07, 6.45) is 2.11. The highest BCUT2D eigenvalue weighted by atomic mass is 16.5. The summed E-state index contributed by atoms with van der Waals surface area (Å²) in [6.45, 7) is 0.441. The Balaban J connectivity index is 2.69. The molecule has 0 unspecified atom stereocenters. The molecule has 5 heteroatoms. The molecule has 1 aromatic heterocycles. The van der Waals surface area contributed by atoms with Gasteiger partial charge in [0, 0.05) is 19.2 Å². The molecular weight excluding hydrogens is 182 g/mol. The van der Waals surface area contributed by atoms with E-state index in [-0.39, 0.29) is 12.4 Å². The number of rotatable bonds is 5. The van der Waals surface area contributed by atoms with Crippen molar-refractivity contribution in [1.29, 1.82) is 5.41 Å². The van der Waals surface area contributed by atoms with Crippen molar-refractivity contribution in [2.24, 2.45) is 5.73 Å². The number of nitrogens with two attached hydrogens (primary N) is 1. The topological polar surface area (TPSA) is 92.2 Å². The van der Waals surface area contributed by atoms with Gasteiger partial charge in [0.2, 0.25) is 5.88 Å². The Morgan fingerprint density at radius 2 is 2.43 bits per heavy atom. The molecule has 1 heterocycles. The second-order valence-electron chi connectivity index (χ2n) is 2.70. The molecule has 0 bridgehead atoms. The SMILES string of the molecule is N=C(N)c1cccnc1OCCCO. The number of ether oxygens (including phenoxy) is 1. The summed E-state index contributed by atoms with van der Waals surface area (Å²) in [5.74, 6) is 0.269. The van der Waals surface area contributed by atoms with Gasteiger partial charge in [-0.2, -0.15) is 0 Å². The first-order valence-electron chi connectivity index (χ1n) is 4.28. The number of nitrogen functional groups attached to an aromatic ring is 1. The number of aromatic nitrogens is 1. The lowest BCUT2D eigenvalue weighted by molar-refractivity contribution is 0.229. The highest BCUT2D eigenvalue weighted by molar-refractivity contribution is 5.96. The van der Waals surface area contributed by atoms with Crippen LogP contribution >= 0.6 is 0 Å². The maximum atomic E-state index is 8.56. The quantitative estimate of drug-likeness (QED) is 0.353. The Morgan fingerprint density at radius 3 is 3.07 bits per heavy atom. The molecule has 0 radical (unpaired) electrons. The largest absolute Gasteiger partial charge is 0.477 e. The van der Waals surface area contributed by atoms with Crippen LogP contribution in [-0.2, 0) is 0 Å². The van der Waals surface area contributed by atoms with E-state index in [0.29, 0.717) is 24.5 Å². The number of nitrogens with one attached hydrogen (secondary N) is 1. The average molecular weight is 195 g/mol. The molecule has 14 heavy (non-hydrogen) atoms. The summed E-state index contributed by atoms with van der Waals surface area (Å²) in [7, 11) is 0. The fourth-order valence-corrected chi connectivity index (χ4v) is 0.944. The fourth-order valence-electron chi connectivity index (χ4n) is 0.944. The van der Waals surface area contributed by atoms with Crippen LogP contribution in [0.15, 0.2) is 18.3 Å². The molecule has 5 nitrogen and oxygen atoms in total. The van der Waals surface area contributed by atoms with Crippen molar-refractivity contribution in [3.8, 4) is 5.88 Å². The lowest BCUT2D eigenvalue weighted by atomic mass is 10.2. The van der Waals surface area contributed by atoms with Gasteiger partial charge in [-0.05, 0) is 12.1 Å². The number of aliphatic hydroxyl groups is 1. The van der Waals surface area contributed by atoms with Gasteiger partial charge in [0.15, 0.2) is 0 Å². The van der Waals surface area contributed by atoms with E-state index in [2.05, 4.69) is 4.98 Å². The molecule has 0 aliphatic heterocycles. The number of pyridine rings is 1. The van der Waals surface area contributed by atoms with E-state index in [4.69, 9.17) is 21.0 Å². The maximum Gasteiger partial charge on any atom is 0.224 e. The number of hydrogen-bond acceptors (Lipinski definition) is 4. The van der Waals surface area contributed by atoms with Crippen LogP contribution in [-0.4, -0.2) is 29.1 Å². The minimum atomic E-state index is -0.0721. The molecule has 1 rings (SSSR count). The van der Waals surface area contributed by atoms with E-state index in [0.717, 1.165) is 0 Å². The molecule has 4 N–H and O–H groups in total. The molecule has 0 aliphatic carbocycles. The van der Waals surface area contributed by atoms with Crippen LogP contribution in [0.25, 0.3) is 0 Å². The first kappa shape index (κ1) is 10.5. The Labute approximate surface area is 82.0 Å². The van der Waals surface area contributed by atoms with E-state index in [1.54, 1.807) is 18.3 Å². The summed E-state index contributed by atoms with van der Waals surface area (Å²) < 4.78 is 5.25. The van der Waals surface area contributed by atoms with E-state index in [1.165, 1.54) is 0 Å². The standard InChI is InChI=1S/C9H13N3O2/c10-8(11)7-3-1-4-12-9(7)14-6-2-5-13/h1,3-4,13H,2,5-6H2,(H3,10,11). The van der Waals surface area contributed by atoms with Crippen molar-refractivity contribution >= 4 is 5.84 Å². The Hall–Kier alpha value is -1.62. The highest BCUT2D eigenvalue weighted by Gasteiger charge is 2.06. The third-order valence-electron chi connectivity index (χ3n) is 1.60. The van der Waals surface area contributed by atoms with Crippen LogP contribution in [0.4, 0.5) is 0 Å². The normalized spacial score (nSPS) is 9.79. The van der Waals surface area contributed by atoms with Crippen LogP contribution < -0.4 is 10.5 Å². The van der Waals surface area contributed by atoms with Crippen molar-refractivity contribution < 1.29 is 9.84 Å². The maximum absolute atomic E-state index is 8.56. The summed E-state index contributed by atoms with van der Waals surface area (Å²) in [5, 5.41) is 15.8. The minimum absolute atomic E-state index is 0.0717. The molecule has 0 saturated heterocycles. The van der Waals surface area contributed by atoms with Crippen LogP contribution in [0, 0.1) is 5.41 Å². The van der Waals surface area contributed by atoms with Gasteiger partial charge in [0.25, 0.3) is 0 Å². The van der Waals surface area contributed by atoms with Gasteiger partial charge in [-0.1, -0.05) is 0 Å². The van der Waals surface area contributed by atoms with Gasteiger partial charge in [-0.3, -0.25) is 5.41 Å². The highest BCUT2D eigenvalue weighted by Crippen LogP contribution is 2.13. The molecule has 76 valence electrons. The second-order valence-corrected chi connectivity index (χ2v) is 2.70. The third kappa shape index (κ3) is 2.70. The molecule has 0 aromatic carbocycles. The van der Waals surface area contributed by atoms with Crippen LogP contribution in [0.3, 0.4) is 0 Å². The zero-order valence-electron chi connectivity index (χ0n) is 7.73. The van der Waals surface area contributed by atoms with E-state index < -0.39 is 0 Å². The number of nitrogens with zero attached hydrogens (tertiary/aromatic N) is 1. The van der Waals surface area contributed by atoms with Crippen molar-refractivity contribution in [3.63, 3.8) is 0 Å². The Bertz CT molecular complexity index is 315. The molecule has 1 aromatic rings. The average Bonchev–Trinajstić information content (AvgIpc) is 2.19. The molecule has 0 aliphatic rings. The first-order valence-corrected chi connectivity index (χ1v) is 4.28. The van der Waals surface area contributed by atoms with Crippen LogP contribution in [0.2, 0.25) is 0 Å². The van der Waals surface area contributed by atoms with Gasteiger partial charge in [0.1, 0.15) is 5.84 Å². The van der Waals surface area contributed by atoms with E-state index in [9.17, 15) is 0 Å². The van der Waals surface area contributed by atoms with Gasteiger partial charge >= 0.3 is 0 Å². The molecule has 0 fully saturated rings. The summed E-state index contributed by atoms with van der Waals surface area (Å²) in [4.78, 5) is 3.95. The first-order chi connectivity index (χ1) is 6.75. The predicted molar refractivity (Wildman–Crippen MR) is 52.5 cm³/mol. The minimum Gasteiger partial charge on any atom is -0.477 e. The molecular formula is C9H13N3O2. The fraction of sp³-hybridized carbons (Fsp3) is 0.333. The number of aliphatic hydroxyl groups excluding tert-OH is 1. The smallest absolute Gasteiger partial charge is 0.224 e. The van der Waals surface area contributed by atoms with Gasteiger partial charge in [-0.25, -0.2) is 4.98 Å².